The first-order valence-corrected chi connectivity index (χ1v) is 9.45. The van der Waals surface area contributed by atoms with Crippen molar-refractivity contribution in [2.24, 2.45) is 0 Å². The van der Waals surface area contributed by atoms with Gasteiger partial charge >= 0.3 is 0 Å². The Morgan fingerprint density at radius 1 is 1.00 bits per heavy atom. The van der Waals surface area contributed by atoms with Gasteiger partial charge in [-0.25, -0.2) is 0 Å². The minimum atomic E-state index is -0.524. The molecule has 144 valence electrons. The second-order valence-electron chi connectivity index (χ2n) is 6.99. The number of hydrogen-bond acceptors (Lipinski definition) is 4. The lowest BCUT2D eigenvalue weighted by Gasteiger charge is -2.21. The van der Waals surface area contributed by atoms with Crippen LogP contribution in [0.3, 0.4) is 0 Å². The topological polar surface area (TPSA) is 76.7 Å². The van der Waals surface area contributed by atoms with Gasteiger partial charge in [0, 0.05) is 30.7 Å². The molecule has 0 aromatic heterocycles. The molecule has 28 heavy (non-hydrogen) atoms. The minimum Gasteiger partial charge on any atom is -0.448 e. The van der Waals surface area contributed by atoms with Crippen LogP contribution >= 0.6 is 0 Å². The third kappa shape index (κ3) is 4.17. The minimum absolute atomic E-state index is 0.115. The van der Waals surface area contributed by atoms with Gasteiger partial charge in [0.15, 0.2) is 11.5 Å². The van der Waals surface area contributed by atoms with Gasteiger partial charge in [-0.2, -0.15) is 0 Å². The second kappa shape index (κ2) is 7.76. The van der Waals surface area contributed by atoms with E-state index in [1.54, 1.807) is 24.3 Å². The van der Waals surface area contributed by atoms with Crippen LogP contribution in [0.15, 0.2) is 54.6 Å². The van der Waals surface area contributed by atoms with Gasteiger partial charge < -0.3 is 20.1 Å². The maximum absolute atomic E-state index is 12.1. The van der Waals surface area contributed by atoms with E-state index in [1.807, 2.05) is 30.3 Å². The van der Waals surface area contributed by atoms with E-state index in [0.29, 0.717) is 17.2 Å². The molecule has 2 aliphatic rings. The second-order valence-corrected chi connectivity index (χ2v) is 6.99. The summed E-state index contributed by atoms with van der Waals surface area (Å²) in [5.74, 6) is 0.196. The largest absolute Gasteiger partial charge is 0.448 e. The summed E-state index contributed by atoms with van der Waals surface area (Å²) in [5, 5.41) is 5.34. The number of hydrogen-bond donors (Lipinski definition) is 2. The molecule has 2 aromatic rings. The average Bonchev–Trinajstić information content (AvgIpc) is 3.31. The van der Waals surface area contributed by atoms with E-state index in [4.69, 9.17) is 9.47 Å². The van der Waals surface area contributed by atoms with Gasteiger partial charge in [-0.05, 0) is 36.6 Å². The van der Waals surface area contributed by atoms with E-state index in [-0.39, 0.29) is 18.4 Å². The van der Waals surface area contributed by atoms with Gasteiger partial charge in [-0.1, -0.05) is 30.3 Å². The normalized spacial score (nSPS) is 16.4. The predicted molar refractivity (Wildman–Crippen MR) is 106 cm³/mol. The van der Waals surface area contributed by atoms with Crippen molar-refractivity contribution in [3.63, 3.8) is 0 Å². The molecule has 6 heteroatoms. The summed E-state index contributed by atoms with van der Waals surface area (Å²) in [6.07, 6.45) is 7.05. The zero-order chi connectivity index (χ0) is 19.4. The number of carbonyl (C=O) groups is 2. The van der Waals surface area contributed by atoms with E-state index in [0.717, 1.165) is 31.2 Å². The van der Waals surface area contributed by atoms with E-state index in [1.165, 1.54) is 6.08 Å². The molecular formula is C22H22N2O4. The fourth-order valence-electron chi connectivity index (χ4n) is 3.46. The molecule has 1 heterocycles. The van der Waals surface area contributed by atoms with Gasteiger partial charge in [0.25, 0.3) is 5.79 Å². The van der Waals surface area contributed by atoms with Crippen molar-refractivity contribution in [2.45, 2.75) is 31.5 Å². The molecule has 0 unspecified atom stereocenters. The Morgan fingerprint density at radius 2 is 1.75 bits per heavy atom. The van der Waals surface area contributed by atoms with Gasteiger partial charge in [-0.3, -0.25) is 9.59 Å². The Balaban J connectivity index is 1.28. The quantitative estimate of drug-likeness (QED) is 0.781. The molecule has 0 bridgehead atoms. The maximum Gasteiger partial charge on any atom is 0.251 e. The highest BCUT2D eigenvalue weighted by atomic mass is 16.7. The highest BCUT2D eigenvalue weighted by Gasteiger charge is 2.44. The van der Waals surface area contributed by atoms with Crippen molar-refractivity contribution < 1.29 is 19.1 Å². The van der Waals surface area contributed by atoms with Gasteiger partial charge in [0.2, 0.25) is 11.8 Å². The highest BCUT2D eigenvalue weighted by Crippen LogP contribution is 2.47. The lowest BCUT2D eigenvalue weighted by molar-refractivity contribution is -0.121. The third-order valence-electron chi connectivity index (χ3n) is 4.83. The third-order valence-corrected chi connectivity index (χ3v) is 4.83. The number of amides is 2. The summed E-state index contributed by atoms with van der Waals surface area (Å²) in [5.41, 5.74) is 1.53. The fourth-order valence-corrected chi connectivity index (χ4v) is 3.46. The van der Waals surface area contributed by atoms with Crippen molar-refractivity contribution in [1.29, 1.82) is 0 Å². The van der Waals surface area contributed by atoms with Gasteiger partial charge in [0.05, 0.1) is 6.54 Å². The lowest BCUT2D eigenvalue weighted by atomic mass is 10.2. The van der Waals surface area contributed by atoms with Crippen molar-refractivity contribution in [1.82, 2.24) is 5.32 Å². The van der Waals surface area contributed by atoms with Crippen molar-refractivity contribution >= 4 is 23.6 Å². The van der Waals surface area contributed by atoms with E-state index in [9.17, 15) is 9.59 Å². The number of carbonyl (C=O) groups excluding carboxylic acids is 2. The first kappa shape index (κ1) is 18.1. The molecule has 2 aromatic carbocycles. The predicted octanol–water partition coefficient (Wildman–Crippen LogP) is 3.50. The molecule has 0 saturated heterocycles. The lowest BCUT2D eigenvalue weighted by Crippen LogP contribution is -2.34. The van der Waals surface area contributed by atoms with Crippen LogP contribution in [0.2, 0.25) is 0 Å². The summed E-state index contributed by atoms with van der Waals surface area (Å²) in [7, 11) is 0. The molecule has 2 amide bonds. The summed E-state index contributed by atoms with van der Waals surface area (Å²) >= 11 is 0. The Morgan fingerprint density at radius 3 is 2.54 bits per heavy atom. The standard InChI is InChI=1S/C22H22N2O4/c25-20(11-8-16-6-2-1-3-7-16)23-15-21(26)24-17-9-10-18-19(14-17)28-22(27-18)12-4-5-13-22/h1-3,6-11,14H,4-5,12-13,15H2,(H,23,25)(H,24,26)/b11-8+. The Bertz CT molecular complexity index is 902. The Hall–Kier alpha value is -3.28. The molecular weight excluding hydrogens is 356 g/mol. The first-order valence-electron chi connectivity index (χ1n) is 9.45. The molecule has 1 saturated carbocycles. The van der Waals surface area contributed by atoms with Gasteiger partial charge in [0.1, 0.15) is 0 Å². The summed E-state index contributed by atoms with van der Waals surface area (Å²) in [4.78, 5) is 24.0. The molecule has 0 radical (unpaired) electrons. The van der Waals surface area contributed by atoms with E-state index >= 15 is 0 Å². The smallest absolute Gasteiger partial charge is 0.251 e. The van der Waals surface area contributed by atoms with Gasteiger partial charge in [-0.15, -0.1) is 0 Å². The zero-order valence-electron chi connectivity index (χ0n) is 15.4. The molecule has 1 fully saturated rings. The Labute approximate surface area is 163 Å². The molecule has 0 atom stereocenters. The number of fused-ring (bicyclic) bond motifs is 1. The van der Waals surface area contributed by atoms with Crippen LogP contribution in [-0.4, -0.2) is 24.1 Å². The summed E-state index contributed by atoms with van der Waals surface area (Å²) < 4.78 is 12.0. The molecule has 1 aliphatic heterocycles. The number of ether oxygens (including phenoxy) is 2. The summed E-state index contributed by atoms with van der Waals surface area (Å²) in [6, 6.07) is 14.8. The molecule has 1 spiro atoms. The summed E-state index contributed by atoms with van der Waals surface area (Å²) in [6.45, 7) is -0.115. The van der Waals surface area contributed by atoms with Crippen molar-refractivity contribution in [2.75, 3.05) is 11.9 Å². The van der Waals surface area contributed by atoms with Crippen LogP contribution in [0.1, 0.15) is 31.2 Å². The van der Waals surface area contributed by atoms with Crippen LogP contribution < -0.4 is 20.1 Å². The van der Waals surface area contributed by atoms with E-state index < -0.39 is 5.79 Å². The first-order chi connectivity index (χ1) is 13.6. The van der Waals surface area contributed by atoms with Crippen LogP contribution in [0.4, 0.5) is 5.69 Å². The van der Waals surface area contributed by atoms with Crippen LogP contribution in [0.5, 0.6) is 11.5 Å². The Kier molecular flexibility index (Phi) is 5.02. The molecule has 4 rings (SSSR count). The number of anilines is 1. The van der Waals surface area contributed by atoms with Crippen LogP contribution in [-0.2, 0) is 9.59 Å². The zero-order valence-corrected chi connectivity index (χ0v) is 15.4. The molecule has 1 aliphatic carbocycles. The van der Waals surface area contributed by atoms with Crippen LogP contribution in [0.25, 0.3) is 6.08 Å². The van der Waals surface area contributed by atoms with E-state index in [2.05, 4.69) is 10.6 Å². The average molecular weight is 378 g/mol. The van der Waals surface area contributed by atoms with Crippen molar-refractivity contribution in [3.05, 3.63) is 60.2 Å². The number of benzene rings is 2. The maximum atomic E-state index is 12.1. The van der Waals surface area contributed by atoms with Crippen molar-refractivity contribution in [3.8, 4) is 11.5 Å². The highest BCUT2D eigenvalue weighted by molar-refractivity contribution is 5.98. The SMILES string of the molecule is O=C(/C=C/c1ccccc1)NCC(=O)Nc1ccc2c(c1)OC1(CCCC1)O2. The molecule has 2 N–H and O–H groups in total. The molecule has 6 nitrogen and oxygen atoms in total. The monoisotopic (exact) mass is 378 g/mol. The fraction of sp³-hybridized carbons (Fsp3) is 0.273. The van der Waals surface area contributed by atoms with Crippen LogP contribution in [0, 0.1) is 0 Å². The number of rotatable bonds is 5. The number of nitrogens with one attached hydrogen (secondary N) is 2.